The quantitative estimate of drug-likeness (QED) is 0.638. The van der Waals surface area contributed by atoms with Gasteiger partial charge in [-0.15, -0.1) is 0 Å². The molecule has 2 fully saturated rings. The van der Waals surface area contributed by atoms with Crippen molar-refractivity contribution < 1.29 is 4.74 Å². The van der Waals surface area contributed by atoms with E-state index < -0.39 is 0 Å². The van der Waals surface area contributed by atoms with E-state index in [0.717, 1.165) is 45.4 Å². The summed E-state index contributed by atoms with van der Waals surface area (Å²) < 4.78 is 7.51. The van der Waals surface area contributed by atoms with Crippen LogP contribution in [0.25, 0.3) is 0 Å². The minimum atomic E-state index is 0.230. The first-order valence-electron chi connectivity index (χ1n) is 9.29. The van der Waals surface area contributed by atoms with Crippen molar-refractivity contribution in [3.63, 3.8) is 0 Å². The Kier molecular flexibility index (Phi) is 5.64. The molecule has 0 saturated carbocycles. The van der Waals surface area contributed by atoms with E-state index in [1.165, 1.54) is 18.4 Å². The van der Waals surface area contributed by atoms with E-state index >= 15 is 0 Å². The van der Waals surface area contributed by atoms with Crippen molar-refractivity contribution in [1.82, 2.24) is 24.9 Å². The molecule has 2 aliphatic rings. The molecule has 1 aromatic rings. The Morgan fingerprint density at radius 3 is 2.92 bits per heavy atom. The summed E-state index contributed by atoms with van der Waals surface area (Å²) in [7, 11) is 6.15. The van der Waals surface area contributed by atoms with E-state index in [1.807, 2.05) is 17.9 Å². The molecule has 1 spiro atoms. The average Bonchev–Trinajstić information content (AvgIpc) is 3.30. The standard InChI is InChI=1S/C18H32N6O/c1-5-19-17(24-8-6-18(13-24)7-9-25-14-18)20-11-16(22(2)3)15-10-21-23(4)12-15/h10,12,16H,5-9,11,13-14H2,1-4H3,(H,19,20). The second-order valence-electron chi connectivity index (χ2n) is 7.60. The number of nitrogens with one attached hydrogen (secondary N) is 1. The van der Waals surface area contributed by atoms with Crippen LogP contribution in [0.4, 0.5) is 0 Å². The fourth-order valence-corrected chi connectivity index (χ4v) is 3.87. The second kappa shape index (κ2) is 7.74. The van der Waals surface area contributed by atoms with Crippen LogP contribution >= 0.6 is 0 Å². The van der Waals surface area contributed by atoms with Gasteiger partial charge in [0.1, 0.15) is 0 Å². The predicted molar refractivity (Wildman–Crippen MR) is 99.7 cm³/mol. The molecule has 0 radical (unpaired) electrons. The first kappa shape index (κ1) is 18.2. The molecule has 2 atom stereocenters. The molecule has 0 bridgehead atoms. The lowest BCUT2D eigenvalue weighted by atomic mass is 9.87. The highest BCUT2D eigenvalue weighted by molar-refractivity contribution is 5.80. The lowest BCUT2D eigenvalue weighted by Gasteiger charge is -2.26. The van der Waals surface area contributed by atoms with Gasteiger partial charge < -0.3 is 19.9 Å². The Morgan fingerprint density at radius 1 is 1.48 bits per heavy atom. The van der Waals surface area contributed by atoms with Crippen molar-refractivity contribution >= 4 is 5.96 Å². The van der Waals surface area contributed by atoms with Crippen molar-refractivity contribution in [2.24, 2.45) is 17.5 Å². The molecule has 0 amide bonds. The zero-order chi connectivity index (χ0) is 17.9. The fraction of sp³-hybridized carbons (Fsp3) is 0.778. The smallest absolute Gasteiger partial charge is 0.194 e. The minimum Gasteiger partial charge on any atom is -0.381 e. The van der Waals surface area contributed by atoms with Gasteiger partial charge in [-0.25, -0.2) is 0 Å². The number of hydrogen-bond donors (Lipinski definition) is 1. The molecule has 2 aliphatic heterocycles. The monoisotopic (exact) mass is 348 g/mol. The van der Waals surface area contributed by atoms with Crippen LogP contribution < -0.4 is 5.32 Å². The third-order valence-electron chi connectivity index (χ3n) is 5.40. The van der Waals surface area contributed by atoms with Crippen molar-refractivity contribution in [3.05, 3.63) is 18.0 Å². The van der Waals surface area contributed by atoms with Crippen molar-refractivity contribution in [2.45, 2.75) is 25.8 Å². The van der Waals surface area contributed by atoms with Gasteiger partial charge in [-0.3, -0.25) is 9.67 Å². The summed E-state index contributed by atoms with van der Waals surface area (Å²) in [6.07, 6.45) is 6.40. The number of likely N-dealkylation sites (N-methyl/N-ethyl adjacent to an activating group) is 1. The van der Waals surface area contributed by atoms with Crippen LogP contribution in [-0.4, -0.2) is 79.0 Å². The molecule has 7 nitrogen and oxygen atoms in total. The van der Waals surface area contributed by atoms with Gasteiger partial charge >= 0.3 is 0 Å². The lowest BCUT2D eigenvalue weighted by Crippen LogP contribution is -2.42. The highest BCUT2D eigenvalue weighted by Crippen LogP contribution is 2.38. The van der Waals surface area contributed by atoms with Crippen LogP contribution in [0.5, 0.6) is 0 Å². The summed E-state index contributed by atoms with van der Waals surface area (Å²) in [4.78, 5) is 9.59. The maximum atomic E-state index is 5.66. The fourth-order valence-electron chi connectivity index (χ4n) is 3.87. The number of aryl methyl sites for hydroxylation is 1. The number of rotatable bonds is 5. The number of hydrogen-bond acceptors (Lipinski definition) is 4. The van der Waals surface area contributed by atoms with Gasteiger partial charge in [0, 0.05) is 50.5 Å². The van der Waals surface area contributed by atoms with E-state index in [-0.39, 0.29) is 6.04 Å². The summed E-state index contributed by atoms with van der Waals surface area (Å²) in [5.41, 5.74) is 1.55. The number of guanidine groups is 1. The lowest BCUT2D eigenvalue weighted by molar-refractivity contribution is 0.156. The van der Waals surface area contributed by atoms with Crippen molar-refractivity contribution in [1.29, 1.82) is 0 Å². The summed E-state index contributed by atoms with van der Waals surface area (Å²) in [5, 5.41) is 7.79. The maximum Gasteiger partial charge on any atom is 0.194 e. The van der Waals surface area contributed by atoms with Gasteiger partial charge in [-0.05, 0) is 33.9 Å². The number of ether oxygens (including phenoxy) is 1. The van der Waals surface area contributed by atoms with Gasteiger partial charge in [-0.2, -0.15) is 5.10 Å². The van der Waals surface area contributed by atoms with Crippen LogP contribution in [0.1, 0.15) is 31.4 Å². The van der Waals surface area contributed by atoms with Gasteiger partial charge in [0.15, 0.2) is 5.96 Å². The molecule has 7 heteroatoms. The first-order chi connectivity index (χ1) is 12.0. The molecule has 3 rings (SSSR count). The molecule has 2 saturated heterocycles. The van der Waals surface area contributed by atoms with Crippen LogP contribution in [0.2, 0.25) is 0 Å². The number of aliphatic imine (C=N–C) groups is 1. The van der Waals surface area contributed by atoms with Gasteiger partial charge in [0.25, 0.3) is 0 Å². The molecule has 1 N–H and O–H groups in total. The van der Waals surface area contributed by atoms with Gasteiger partial charge in [0.05, 0.1) is 25.4 Å². The summed E-state index contributed by atoms with van der Waals surface area (Å²) >= 11 is 0. The second-order valence-corrected chi connectivity index (χ2v) is 7.60. The van der Waals surface area contributed by atoms with Gasteiger partial charge in [-0.1, -0.05) is 0 Å². The molecule has 0 aliphatic carbocycles. The van der Waals surface area contributed by atoms with Gasteiger partial charge in [0.2, 0.25) is 0 Å². The van der Waals surface area contributed by atoms with E-state index in [0.29, 0.717) is 5.41 Å². The van der Waals surface area contributed by atoms with Crippen LogP contribution in [0.15, 0.2) is 17.4 Å². The third kappa shape index (κ3) is 4.15. The normalized spacial score (nSPS) is 25.3. The highest BCUT2D eigenvalue weighted by Gasteiger charge is 2.42. The Hall–Kier alpha value is -1.60. The summed E-state index contributed by atoms with van der Waals surface area (Å²) in [6.45, 7) is 7.67. The summed E-state index contributed by atoms with van der Waals surface area (Å²) in [6, 6.07) is 0.230. The van der Waals surface area contributed by atoms with Crippen molar-refractivity contribution in [3.8, 4) is 0 Å². The summed E-state index contributed by atoms with van der Waals surface area (Å²) in [5.74, 6) is 1.03. The molecule has 1 aromatic heterocycles. The minimum absolute atomic E-state index is 0.230. The highest BCUT2D eigenvalue weighted by atomic mass is 16.5. The SMILES string of the molecule is CCNC(=NCC(c1cnn(C)c1)N(C)C)N1CCC2(CCOC2)C1. The Balaban J connectivity index is 1.70. The molecular weight excluding hydrogens is 316 g/mol. The number of likely N-dealkylation sites (tertiary alicyclic amines) is 1. The van der Waals surface area contributed by atoms with Crippen LogP contribution in [-0.2, 0) is 11.8 Å². The average molecular weight is 348 g/mol. The topological polar surface area (TPSA) is 57.9 Å². The molecule has 0 aromatic carbocycles. The van der Waals surface area contributed by atoms with Crippen LogP contribution in [0.3, 0.4) is 0 Å². The Morgan fingerprint density at radius 2 is 2.32 bits per heavy atom. The molecule has 2 unspecified atom stereocenters. The zero-order valence-electron chi connectivity index (χ0n) is 16.0. The number of nitrogens with zero attached hydrogens (tertiary/aromatic N) is 5. The predicted octanol–water partition coefficient (Wildman–Crippen LogP) is 1.10. The zero-order valence-corrected chi connectivity index (χ0v) is 16.0. The maximum absolute atomic E-state index is 5.66. The van der Waals surface area contributed by atoms with Crippen molar-refractivity contribution in [2.75, 3.05) is 53.5 Å². The Labute approximate surface area is 151 Å². The Bertz CT molecular complexity index is 590. The van der Waals surface area contributed by atoms with E-state index in [9.17, 15) is 0 Å². The first-order valence-corrected chi connectivity index (χ1v) is 9.29. The van der Waals surface area contributed by atoms with E-state index in [2.05, 4.69) is 47.4 Å². The molecule has 25 heavy (non-hydrogen) atoms. The largest absolute Gasteiger partial charge is 0.381 e. The van der Waals surface area contributed by atoms with E-state index in [1.54, 1.807) is 0 Å². The van der Waals surface area contributed by atoms with Crippen LogP contribution in [0, 0.1) is 5.41 Å². The molecular formula is C18H32N6O. The third-order valence-corrected chi connectivity index (χ3v) is 5.40. The molecule has 3 heterocycles. The number of aromatic nitrogens is 2. The van der Waals surface area contributed by atoms with E-state index in [4.69, 9.17) is 9.73 Å². The molecule has 140 valence electrons.